The average molecular weight is 485 g/mol. The second-order valence-corrected chi connectivity index (χ2v) is 9.51. The molecule has 2 atom stereocenters. The lowest BCUT2D eigenvalue weighted by Gasteiger charge is -2.29. The number of amides is 1. The number of nitrogens with one attached hydrogen (secondary N) is 1. The number of likely N-dealkylation sites (tertiary alicyclic amines) is 1. The van der Waals surface area contributed by atoms with E-state index < -0.39 is 0 Å². The number of para-hydroxylation sites is 2. The van der Waals surface area contributed by atoms with Crippen LogP contribution in [0, 0.1) is 0 Å². The van der Waals surface area contributed by atoms with Crippen LogP contribution in [0.3, 0.4) is 0 Å². The zero-order valence-electron chi connectivity index (χ0n) is 20.5. The largest absolute Gasteiger partial charge is 0.448 e. The van der Waals surface area contributed by atoms with Gasteiger partial charge in [-0.15, -0.1) is 0 Å². The molecule has 1 aliphatic heterocycles. The minimum atomic E-state index is -0.323. The van der Waals surface area contributed by atoms with E-state index in [1.165, 1.54) is 11.1 Å². The number of carbonyl (C=O) groups is 1. The monoisotopic (exact) mass is 484 g/mol. The second kappa shape index (κ2) is 10.8. The maximum absolute atomic E-state index is 12.9. The number of hydrogen-bond donors (Lipinski definition) is 1. The quantitative estimate of drug-likeness (QED) is 0.390. The van der Waals surface area contributed by atoms with Crippen LogP contribution < -0.4 is 5.69 Å². The van der Waals surface area contributed by atoms with Gasteiger partial charge in [0, 0.05) is 32.2 Å². The molecular formula is C29H32N4O3. The summed E-state index contributed by atoms with van der Waals surface area (Å²) >= 11 is 0. The van der Waals surface area contributed by atoms with Crippen LogP contribution in [0.2, 0.25) is 0 Å². The third-order valence-electron chi connectivity index (χ3n) is 6.94. The summed E-state index contributed by atoms with van der Waals surface area (Å²) in [7, 11) is 0. The van der Waals surface area contributed by atoms with Crippen molar-refractivity contribution < 1.29 is 9.53 Å². The molecule has 186 valence electrons. The van der Waals surface area contributed by atoms with E-state index in [0.717, 1.165) is 30.5 Å². The summed E-state index contributed by atoms with van der Waals surface area (Å²) in [6.07, 6.45) is 0.400. The zero-order valence-corrected chi connectivity index (χ0v) is 20.5. The second-order valence-electron chi connectivity index (χ2n) is 9.51. The Morgan fingerprint density at radius 1 is 0.972 bits per heavy atom. The number of benzene rings is 3. The van der Waals surface area contributed by atoms with Gasteiger partial charge in [-0.2, -0.15) is 0 Å². The molecule has 1 saturated heterocycles. The van der Waals surface area contributed by atoms with Gasteiger partial charge in [0.1, 0.15) is 6.61 Å². The molecule has 1 aromatic heterocycles. The van der Waals surface area contributed by atoms with Crippen molar-refractivity contribution in [1.82, 2.24) is 19.4 Å². The molecule has 1 amide bonds. The summed E-state index contributed by atoms with van der Waals surface area (Å²) < 4.78 is 7.55. The number of H-pyrrole nitrogens is 1. The third kappa shape index (κ3) is 5.36. The van der Waals surface area contributed by atoms with Crippen molar-refractivity contribution in [3.8, 4) is 0 Å². The number of carbonyl (C=O) groups excluding carboxylic acids is 1. The minimum Gasteiger partial charge on any atom is -0.448 e. The Hall–Kier alpha value is -3.84. The normalized spacial score (nSPS) is 16.5. The number of imidazole rings is 1. The number of nitrogens with zero attached hydrogens (tertiary/aromatic N) is 3. The fourth-order valence-corrected chi connectivity index (χ4v) is 4.95. The maximum Gasteiger partial charge on any atom is 0.409 e. The van der Waals surface area contributed by atoms with E-state index in [2.05, 4.69) is 41.1 Å². The summed E-state index contributed by atoms with van der Waals surface area (Å²) in [5, 5.41) is 0. The van der Waals surface area contributed by atoms with Crippen molar-refractivity contribution in [2.45, 2.75) is 38.5 Å². The lowest BCUT2D eigenvalue weighted by Crippen LogP contribution is -2.38. The first-order chi connectivity index (χ1) is 17.6. The molecule has 7 heteroatoms. The van der Waals surface area contributed by atoms with Crippen molar-refractivity contribution in [2.75, 3.05) is 19.7 Å². The zero-order chi connectivity index (χ0) is 24.9. The summed E-state index contributed by atoms with van der Waals surface area (Å²) in [5.74, 6) is 0. The van der Waals surface area contributed by atoms with Crippen LogP contribution >= 0.6 is 0 Å². The Balaban J connectivity index is 1.21. The molecule has 1 N–H and O–H groups in total. The number of hydrogen-bond acceptors (Lipinski definition) is 4. The summed E-state index contributed by atoms with van der Waals surface area (Å²) in [4.78, 5) is 32.5. The number of fused-ring (bicyclic) bond motifs is 1. The van der Waals surface area contributed by atoms with E-state index >= 15 is 0 Å². The van der Waals surface area contributed by atoms with Crippen LogP contribution in [-0.4, -0.2) is 51.2 Å². The van der Waals surface area contributed by atoms with Gasteiger partial charge in [-0.25, -0.2) is 9.59 Å². The van der Waals surface area contributed by atoms with Crippen LogP contribution in [0.1, 0.15) is 30.5 Å². The Bertz CT molecular complexity index is 1310. The molecule has 0 saturated carbocycles. The fraction of sp³-hybridized carbons (Fsp3) is 0.310. The van der Waals surface area contributed by atoms with Crippen LogP contribution in [0.15, 0.2) is 89.7 Å². The standard InChI is InChI=1S/C29H32N4O3/c1-22(32(18-23-10-4-2-5-11-23)19-24-12-6-3-7-13-24)21-36-29(35)31-17-16-25(20-31)33-27-15-9-8-14-26(27)30-28(33)34/h2-15,22,25H,16-21H2,1H3,(H,30,34). The predicted molar refractivity (Wildman–Crippen MR) is 141 cm³/mol. The van der Waals surface area contributed by atoms with Gasteiger partial charge in [0.2, 0.25) is 0 Å². The molecule has 3 aromatic carbocycles. The van der Waals surface area contributed by atoms with E-state index in [0.29, 0.717) is 19.7 Å². The number of ether oxygens (including phenoxy) is 1. The van der Waals surface area contributed by atoms with E-state index in [1.54, 1.807) is 9.47 Å². The number of aromatic nitrogens is 2. The molecule has 2 heterocycles. The SMILES string of the molecule is CC(COC(=O)N1CCC(n2c(=O)[nH]c3ccccc32)C1)N(Cc1ccccc1)Cc1ccccc1. The summed E-state index contributed by atoms with van der Waals surface area (Å²) in [5.41, 5.74) is 3.99. The molecule has 2 unspecified atom stereocenters. The van der Waals surface area contributed by atoms with Gasteiger partial charge in [0.15, 0.2) is 0 Å². The van der Waals surface area contributed by atoms with E-state index in [-0.39, 0.29) is 23.9 Å². The van der Waals surface area contributed by atoms with E-state index in [9.17, 15) is 9.59 Å². The first kappa shape index (κ1) is 23.9. The lowest BCUT2D eigenvalue weighted by atomic mass is 10.1. The topological polar surface area (TPSA) is 70.6 Å². The summed E-state index contributed by atoms with van der Waals surface area (Å²) in [6, 6.07) is 28.3. The van der Waals surface area contributed by atoms with Gasteiger partial charge >= 0.3 is 11.8 Å². The van der Waals surface area contributed by atoms with Crippen molar-refractivity contribution >= 4 is 17.1 Å². The third-order valence-corrected chi connectivity index (χ3v) is 6.94. The molecule has 0 radical (unpaired) electrons. The van der Waals surface area contributed by atoms with Gasteiger partial charge in [-0.3, -0.25) is 9.47 Å². The number of rotatable bonds is 8. The minimum absolute atomic E-state index is 0.0315. The molecule has 1 fully saturated rings. The van der Waals surface area contributed by atoms with Gasteiger partial charge in [0.25, 0.3) is 0 Å². The van der Waals surface area contributed by atoms with Crippen LogP contribution in [0.4, 0.5) is 4.79 Å². The molecule has 7 nitrogen and oxygen atoms in total. The highest BCUT2D eigenvalue weighted by atomic mass is 16.6. The first-order valence-corrected chi connectivity index (χ1v) is 12.5. The highest BCUT2D eigenvalue weighted by molar-refractivity contribution is 5.75. The molecule has 0 spiro atoms. The van der Waals surface area contributed by atoms with Crippen LogP contribution in [-0.2, 0) is 17.8 Å². The average Bonchev–Trinajstić information content (AvgIpc) is 3.51. The van der Waals surface area contributed by atoms with Gasteiger partial charge < -0.3 is 14.6 Å². The van der Waals surface area contributed by atoms with Gasteiger partial charge in [-0.05, 0) is 36.6 Å². The van der Waals surface area contributed by atoms with Crippen molar-refractivity contribution in [2.24, 2.45) is 0 Å². The van der Waals surface area contributed by atoms with E-state index in [4.69, 9.17) is 4.74 Å². The Morgan fingerprint density at radius 3 is 2.25 bits per heavy atom. The summed E-state index contributed by atoms with van der Waals surface area (Å²) in [6.45, 7) is 4.96. The molecule has 1 aliphatic rings. The van der Waals surface area contributed by atoms with Crippen molar-refractivity contribution in [3.63, 3.8) is 0 Å². The van der Waals surface area contributed by atoms with Crippen LogP contribution in [0.5, 0.6) is 0 Å². The molecule has 4 aromatic rings. The molecule has 0 bridgehead atoms. The Morgan fingerprint density at radius 2 is 1.58 bits per heavy atom. The van der Waals surface area contributed by atoms with E-state index in [1.807, 2.05) is 60.7 Å². The number of aromatic amines is 1. The maximum atomic E-state index is 12.9. The molecular weight excluding hydrogens is 452 g/mol. The lowest BCUT2D eigenvalue weighted by molar-refractivity contribution is 0.0681. The van der Waals surface area contributed by atoms with Gasteiger partial charge in [0.05, 0.1) is 17.1 Å². The Kier molecular flexibility index (Phi) is 7.18. The molecule has 5 rings (SSSR count). The van der Waals surface area contributed by atoms with Crippen LogP contribution in [0.25, 0.3) is 11.0 Å². The highest BCUT2D eigenvalue weighted by Gasteiger charge is 2.31. The Labute approximate surface area is 210 Å². The molecule has 36 heavy (non-hydrogen) atoms. The molecule has 0 aliphatic carbocycles. The fourth-order valence-electron chi connectivity index (χ4n) is 4.95. The van der Waals surface area contributed by atoms with Gasteiger partial charge in [-0.1, -0.05) is 72.8 Å². The van der Waals surface area contributed by atoms with Crippen molar-refractivity contribution in [3.05, 3.63) is 107 Å². The highest BCUT2D eigenvalue weighted by Crippen LogP contribution is 2.24. The first-order valence-electron chi connectivity index (χ1n) is 12.5. The predicted octanol–water partition coefficient (Wildman–Crippen LogP) is 4.80. The smallest absolute Gasteiger partial charge is 0.409 e. The van der Waals surface area contributed by atoms with Crippen molar-refractivity contribution in [1.29, 1.82) is 0 Å².